The third kappa shape index (κ3) is 6.95. The Morgan fingerprint density at radius 3 is 2.17 bits per heavy atom. The van der Waals surface area contributed by atoms with Crippen LogP contribution in [-0.4, -0.2) is 18.0 Å². The second kappa shape index (κ2) is 9.32. The monoisotopic (exact) mass is 254 g/mol. The van der Waals surface area contributed by atoms with E-state index in [1.165, 1.54) is 0 Å². The largest absolute Gasteiger partial charge is 0.372 e. The maximum Gasteiger partial charge on any atom is 0.138 e. The summed E-state index contributed by atoms with van der Waals surface area (Å²) in [6.07, 6.45) is 7.27. The Bertz CT molecular complexity index is 254. The predicted molar refractivity (Wildman–Crippen MR) is 77.7 cm³/mol. The van der Waals surface area contributed by atoms with Crippen molar-refractivity contribution in [3.8, 4) is 0 Å². The molecule has 0 fully saturated rings. The average molecular weight is 254 g/mol. The van der Waals surface area contributed by atoms with Gasteiger partial charge in [0.1, 0.15) is 5.78 Å². The number of rotatable bonds is 9. The van der Waals surface area contributed by atoms with Gasteiger partial charge in [0.15, 0.2) is 0 Å². The van der Waals surface area contributed by atoms with E-state index < -0.39 is 0 Å². The maximum absolute atomic E-state index is 12.0. The summed E-state index contributed by atoms with van der Waals surface area (Å²) in [5.41, 5.74) is 0. The molecule has 2 atom stereocenters. The average Bonchev–Trinajstić information content (AvgIpc) is 2.28. The van der Waals surface area contributed by atoms with Crippen LogP contribution in [0.15, 0.2) is 12.2 Å². The molecule has 0 saturated carbocycles. The molecule has 18 heavy (non-hydrogen) atoms. The van der Waals surface area contributed by atoms with Crippen molar-refractivity contribution in [3.63, 3.8) is 0 Å². The third-order valence-corrected chi connectivity index (χ3v) is 3.12. The molecular formula is C16H30O2. The van der Waals surface area contributed by atoms with Gasteiger partial charge in [-0.1, -0.05) is 32.9 Å². The minimum Gasteiger partial charge on any atom is -0.372 e. The van der Waals surface area contributed by atoms with E-state index in [4.69, 9.17) is 4.74 Å². The number of carbonyl (C=O) groups excluding carboxylic acids is 1. The molecule has 0 aromatic carbocycles. The summed E-state index contributed by atoms with van der Waals surface area (Å²) in [6, 6.07) is 0. The van der Waals surface area contributed by atoms with Crippen molar-refractivity contribution in [3.05, 3.63) is 12.2 Å². The fourth-order valence-electron chi connectivity index (χ4n) is 2.16. The van der Waals surface area contributed by atoms with Crippen LogP contribution in [0, 0.1) is 11.8 Å². The zero-order valence-corrected chi connectivity index (χ0v) is 12.9. The molecule has 0 saturated heterocycles. The summed E-state index contributed by atoms with van der Waals surface area (Å²) in [5, 5.41) is 0. The topological polar surface area (TPSA) is 26.3 Å². The second-order valence-electron chi connectivity index (χ2n) is 5.49. The standard InChI is InChI=1S/C16H30O2/c1-7-9-15(18-13(5)6)11-10-14(8-2)16(17)12(3)4/h7,9,12-15H,8,10-11H2,1-6H3/b9-7+. The molecule has 0 aliphatic carbocycles. The molecular weight excluding hydrogens is 224 g/mol. The summed E-state index contributed by atoms with van der Waals surface area (Å²) < 4.78 is 5.83. The molecule has 2 nitrogen and oxygen atoms in total. The Morgan fingerprint density at radius 1 is 1.17 bits per heavy atom. The lowest BCUT2D eigenvalue weighted by Crippen LogP contribution is -2.22. The molecule has 0 amide bonds. The molecule has 0 aliphatic rings. The van der Waals surface area contributed by atoms with Crippen LogP contribution in [0.1, 0.15) is 60.8 Å². The second-order valence-corrected chi connectivity index (χ2v) is 5.49. The first-order valence-corrected chi connectivity index (χ1v) is 7.24. The van der Waals surface area contributed by atoms with Crippen molar-refractivity contribution in [2.24, 2.45) is 11.8 Å². The summed E-state index contributed by atoms with van der Waals surface area (Å²) >= 11 is 0. The number of hydrogen-bond donors (Lipinski definition) is 0. The third-order valence-electron chi connectivity index (χ3n) is 3.12. The van der Waals surface area contributed by atoms with E-state index in [-0.39, 0.29) is 24.0 Å². The number of ether oxygens (including phenoxy) is 1. The molecule has 0 aliphatic heterocycles. The van der Waals surface area contributed by atoms with Gasteiger partial charge in [0.25, 0.3) is 0 Å². The number of hydrogen-bond acceptors (Lipinski definition) is 2. The molecule has 0 spiro atoms. The Kier molecular flexibility index (Phi) is 8.99. The molecule has 0 heterocycles. The molecule has 0 aromatic heterocycles. The predicted octanol–water partition coefficient (Wildman–Crippen LogP) is 4.39. The Labute approximate surface area is 113 Å². The molecule has 0 rings (SSSR count). The highest BCUT2D eigenvalue weighted by atomic mass is 16.5. The maximum atomic E-state index is 12.0. The Balaban J connectivity index is 4.34. The number of allylic oxidation sites excluding steroid dienone is 1. The fraction of sp³-hybridized carbons (Fsp3) is 0.812. The quantitative estimate of drug-likeness (QED) is 0.570. The van der Waals surface area contributed by atoms with Gasteiger partial charge in [-0.25, -0.2) is 0 Å². The summed E-state index contributed by atoms with van der Waals surface area (Å²) in [5.74, 6) is 0.718. The summed E-state index contributed by atoms with van der Waals surface area (Å²) in [6.45, 7) is 12.2. The number of Topliss-reactive ketones (excluding diaryl/α,β-unsaturated/α-hetero) is 1. The number of carbonyl (C=O) groups is 1. The SMILES string of the molecule is C/C=C/C(CCC(CC)C(=O)C(C)C)OC(C)C. The van der Waals surface area contributed by atoms with Crippen LogP contribution in [0.5, 0.6) is 0 Å². The normalized spacial score (nSPS) is 15.6. The highest BCUT2D eigenvalue weighted by Crippen LogP contribution is 2.20. The van der Waals surface area contributed by atoms with Gasteiger partial charge in [-0.05, 0) is 40.0 Å². The van der Waals surface area contributed by atoms with Crippen LogP contribution >= 0.6 is 0 Å². The molecule has 2 heteroatoms. The zero-order valence-electron chi connectivity index (χ0n) is 12.9. The Morgan fingerprint density at radius 2 is 1.78 bits per heavy atom. The van der Waals surface area contributed by atoms with Crippen molar-refractivity contribution in [2.75, 3.05) is 0 Å². The van der Waals surface area contributed by atoms with Crippen molar-refractivity contribution in [1.82, 2.24) is 0 Å². The lowest BCUT2D eigenvalue weighted by Gasteiger charge is -2.21. The summed E-state index contributed by atoms with van der Waals surface area (Å²) in [4.78, 5) is 12.0. The van der Waals surface area contributed by atoms with E-state index in [0.29, 0.717) is 5.78 Å². The van der Waals surface area contributed by atoms with Crippen LogP contribution in [0.2, 0.25) is 0 Å². The lowest BCUT2D eigenvalue weighted by molar-refractivity contribution is -0.126. The van der Waals surface area contributed by atoms with Crippen molar-refractivity contribution >= 4 is 5.78 Å². The van der Waals surface area contributed by atoms with E-state index in [2.05, 4.69) is 13.0 Å². The van der Waals surface area contributed by atoms with Gasteiger partial charge in [-0.15, -0.1) is 0 Å². The van der Waals surface area contributed by atoms with Crippen LogP contribution in [0.4, 0.5) is 0 Å². The highest BCUT2D eigenvalue weighted by Gasteiger charge is 2.20. The lowest BCUT2D eigenvalue weighted by atomic mass is 9.88. The van der Waals surface area contributed by atoms with Crippen molar-refractivity contribution in [1.29, 1.82) is 0 Å². The smallest absolute Gasteiger partial charge is 0.138 e. The molecule has 0 bridgehead atoms. The molecule has 2 unspecified atom stereocenters. The van der Waals surface area contributed by atoms with Gasteiger partial charge in [-0.2, -0.15) is 0 Å². The van der Waals surface area contributed by atoms with E-state index in [0.717, 1.165) is 19.3 Å². The van der Waals surface area contributed by atoms with Crippen molar-refractivity contribution < 1.29 is 9.53 Å². The first kappa shape index (κ1) is 17.4. The van der Waals surface area contributed by atoms with Gasteiger partial charge >= 0.3 is 0 Å². The molecule has 106 valence electrons. The first-order chi connectivity index (χ1) is 8.42. The van der Waals surface area contributed by atoms with Gasteiger partial charge in [-0.3, -0.25) is 4.79 Å². The van der Waals surface area contributed by atoms with Crippen LogP contribution < -0.4 is 0 Å². The van der Waals surface area contributed by atoms with Crippen LogP contribution in [-0.2, 0) is 9.53 Å². The minimum absolute atomic E-state index is 0.140. The van der Waals surface area contributed by atoms with Gasteiger partial charge in [0.05, 0.1) is 12.2 Å². The van der Waals surface area contributed by atoms with E-state index in [9.17, 15) is 4.79 Å². The van der Waals surface area contributed by atoms with Gasteiger partial charge in [0.2, 0.25) is 0 Å². The fourth-order valence-corrected chi connectivity index (χ4v) is 2.16. The van der Waals surface area contributed by atoms with E-state index in [1.807, 2.05) is 40.7 Å². The zero-order chi connectivity index (χ0) is 14.1. The molecule has 0 aromatic rings. The van der Waals surface area contributed by atoms with Crippen LogP contribution in [0.3, 0.4) is 0 Å². The van der Waals surface area contributed by atoms with E-state index in [1.54, 1.807) is 0 Å². The highest BCUT2D eigenvalue weighted by molar-refractivity contribution is 5.82. The molecule has 0 N–H and O–H groups in total. The van der Waals surface area contributed by atoms with Crippen molar-refractivity contribution in [2.45, 2.75) is 73.0 Å². The minimum atomic E-state index is 0.140. The number of ketones is 1. The van der Waals surface area contributed by atoms with Gasteiger partial charge < -0.3 is 4.74 Å². The van der Waals surface area contributed by atoms with Crippen LogP contribution in [0.25, 0.3) is 0 Å². The van der Waals surface area contributed by atoms with Gasteiger partial charge in [0, 0.05) is 11.8 Å². The first-order valence-electron chi connectivity index (χ1n) is 7.24. The Hall–Kier alpha value is -0.630. The van der Waals surface area contributed by atoms with E-state index >= 15 is 0 Å². The molecule has 0 radical (unpaired) electrons. The summed E-state index contributed by atoms with van der Waals surface area (Å²) in [7, 11) is 0.